The molecule has 5 N–H and O–H groups in total. The smallest absolute Gasteiger partial charge is 0.397 e. The van der Waals surface area contributed by atoms with Crippen LogP contribution in [0.4, 0.5) is 0 Å². The average Bonchev–Trinajstić information content (AvgIpc) is 1.81. The van der Waals surface area contributed by atoms with Gasteiger partial charge in [-0.3, -0.25) is 4.55 Å². The van der Waals surface area contributed by atoms with Gasteiger partial charge in [-0.05, 0) is 0 Å². The van der Waals surface area contributed by atoms with E-state index in [4.69, 9.17) is 14.8 Å². The Bertz CT molecular complexity index is 168. The van der Waals surface area contributed by atoms with Crippen molar-refractivity contribution < 1.29 is 32.8 Å². The van der Waals surface area contributed by atoms with Crippen molar-refractivity contribution >= 4 is 10.4 Å². The lowest BCUT2D eigenvalue weighted by Gasteiger charge is -2.07. The van der Waals surface area contributed by atoms with Crippen LogP contribution in [0.15, 0.2) is 0 Å². The van der Waals surface area contributed by atoms with Gasteiger partial charge in [0, 0.05) is 0 Å². The minimum absolute atomic E-state index is 0. The minimum atomic E-state index is -4.57. The van der Waals surface area contributed by atoms with E-state index in [1.165, 1.54) is 0 Å². The molecule has 0 aromatic carbocycles. The monoisotopic (exact) mass is 190 g/mol. The molecule has 0 spiro atoms. The quantitative estimate of drug-likeness (QED) is 0.414. The molecule has 0 rings (SSSR count). The summed E-state index contributed by atoms with van der Waals surface area (Å²) in [5, 5.41) is 16.5. The number of rotatable bonds is 4. The van der Waals surface area contributed by atoms with Crippen molar-refractivity contribution in [2.45, 2.75) is 6.10 Å². The highest BCUT2D eigenvalue weighted by atomic mass is 32.3. The summed E-state index contributed by atoms with van der Waals surface area (Å²) < 4.78 is 31.5. The lowest BCUT2D eigenvalue weighted by molar-refractivity contribution is 0.0585. The second-order valence-corrected chi connectivity index (χ2v) is 2.56. The molecule has 0 unspecified atom stereocenters. The summed E-state index contributed by atoms with van der Waals surface area (Å²) >= 11 is 0. The SMILES string of the molecule is O.O=S(=O)(O)OC(CO)CO. The zero-order chi connectivity index (χ0) is 8.20. The lowest BCUT2D eigenvalue weighted by Crippen LogP contribution is -2.25. The van der Waals surface area contributed by atoms with E-state index in [9.17, 15) is 8.42 Å². The van der Waals surface area contributed by atoms with Crippen LogP contribution in [-0.4, -0.2) is 48.0 Å². The van der Waals surface area contributed by atoms with Gasteiger partial charge in [-0.1, -0.05) is 0 Å². The van der Waals surface area contributed by atoms with Crippen molar-refractivity contribution in [3.8, 4) is 0 Å². The van der Waals surface area contributed by atoms with Gasteiger partial charge in [0.1, 0.15) is 6.10 Å². The van der Waals surface area contributed by atoms with E-state index in [2.05, 4.69) is 4.18 Å². The maximum Gasteiger partial charge on any atom is 0.397 e. The Labute approximate surface area is 63.5 Å². The van der Waals surface area contributed by atoms with Gasteiger partial charge in [-0.25, -0.2) is 4.18 Å². The summed E-state index contributed by atoms with van der Waals surface area (Å²) in [7, 11) is -4.57. The zero-order valence-electron chi connectivity index (χ0n) is 5.47. The molecule has 0 radical (unpaired) electrons. The van der Waals surface area contributed by atoms with Crippen molar-refractivity contribution in [2.24, 2.45) is 0 Å². The van der Waals surface area contributed by atoms with Crippen molar-refractivity contribution in [3.05, 3.63) is 0 Å². The van der Waals surface area contributed by atoms with Gasteiger partial charge in [0.05, 0.1) is 13.2 Å². The van der Waals surface area contributed by atoms with Gasteiger partial charge in [-0.2, -0.15) is 8.42 Å². The van der Waals surface area contributed by atoms with E-state index < -0.39 is 29.7 Å². The van der Waals surface area contributed by atoms with Crippen LogP contribution < -0.4 is 0 Å². The van der Waals surface area contributed by atoms with Crippen LogP contribution in [0.25, 0.3) is 0 Å². The molecule has 11 heavy (non-hydrogen) atoms. The van der Waals surface area contributed by atoms with Crippen LogP contribution >= 0.6 is 0 Å². The first-order valence-corrected chi connectivity index (χ1v) is 3.73. The first-order valence-electron chi connectivity index (χ1n) is 2.37. The Kier molecular flexibility index (Phi) is 6.56. The van der Waals surface area contributed by atoms with Crippen LogP contribution in [0.1, 0.15) is 0 Å². The fraction of sp³-hybridized carbons (Fsp3) is 1.00. The summed E-state index contributed by atoms with van der Waals surface area (Å²) in [6.07, 6.45) is -1.28. The second-order valence-electron chi connectivity index (χ2n) is 1.51. The first-order chi connectivity index (χ1) is 4.49. The number of hydrogen-bond acceptors (Lipinski definition) is 5. The largest absolute Gasteiger partial charge is 0.412 e. The lowest BCUT2D eigenvalue weighted by atomic mass is 10.4. The predicted octanol–water partition coefficient (Wildman–Crippen LogP) is -2.67. The third-order valence-corrected chi connectivity index (χ3v) is 1.18. The minimum Gasteiger partial charge on any atom is -0.412 e. The number of aliphatic hydroxyl groups excluding tert-OH is 2. The van der Waals surface area contributed by atoms with Gasteiger partial charge >= 0.3 is 10.4 Å². The van der Waals surface area contributed by atoms with E-state index in [1.807, 2.05) is 0 Å². The molecule has 0 fully saturated rings. The molecule has 0 heterocycles. The molecule has 0 aliphatic rings. The Morgan fingerprint density at radius 1 is 1.27 bits per heavy atom. The third-order valence-electron chi connectivity index (χ3n) is 0.665. The number of hydrogen-bond donors (Lipinski definition) is 3. The fourth-order valence-electron chi connectivity index (χ4n) is 0.291. The van der Waals surface area contributed by atoms with Crippen LogP contribution in [0.3, 0.4) is 0 Å². The van der Waals surface area contributed by atoms with Crippen molar-refractivity contribution in [1.82, 2.24) is 0 Å². The second kappa shape index (κ2) is 5.41. The predicted molar refractivity (Wildman–Crippen MR) is 34.2 cm³/mol. The molecule has 0 amide bonds. The molecule has 0 aliphatic carbocycles. The van der Waals surface area contributed by atoms with Crippen LogP contribution in [-0.2, 0) is 14.6 Å². The molecule has 7 nitrogen and oxygen atoms in total. The Morgan fingerprint density at radius 2 is 1.64 bits per heavy atom. The summed E-state index contributed by atoms with van der Waals surface area (Å²) in [6.45, 7) is -1.34. The zero-order valence-corrected chi connectivity index (χ0v) is 6.28. The van der Waals surface area contributed by atoms with E-state index in [0.29, 0.717) is 0 Å². The molecular weight excluding hydrogens is 180 g/mol. The molecule has 0 aromatic heterocycles. The molecule has 8 heteroatoms. The molecule has 0 aromatic rings. The van der Waals surface area contributed by atoms with E-state index in [1.54, 1.807) is 0 Å². The first kappa shape index (κ1) is 13.3. The van der Waals surface area contributed by atoms with E-state index >= 15 is 0 Å². The highest BCUT2D eigenvalue weighted by molar-refractivity contribution is 7.80. The highest BCUT2D eigenvalue weighted by Crippen LogP contribution is 1.94. The summed E-state index contributed by atoms with van der Waals surface area (Å²) in [4.78, 5) is 0. The van der Waals surface area contributed by atoms with Gasteiger partial charge in [0.2, 0.25) is 0 Å². The van der Waals surface area contributed by atoms with Crippen LogP contribution in [0, 0.1) is 0 Å². The van der Waals surface area contributed by atoms with Crippen molar-refractivity contribution in [2.75, 3.05) is 13.2 Å². The molecule has 70 valence electrons. The Balaban J connectivity index is 0. The van der Waals surface area contributed by atoms with Gasteiger partial charge in [-0.15, -0.1) is 0 Å². The van der Waals surface area contributed by atoms with Crippen LogP contribution in [0.5, 0.6) is 0 Å². The molecule has 0 saturated heterocycles. The summed E-state index contributed by atoms with van der Waals surface area (Å²) in [5.41, 5.74) is 0. The van der Waals surface area contributed by atoms with Gasteiger partial charge in [0.25, 0.3) is 0 Å². The number of aliphatic hydroxyl groups is 2. The summed E-state index contributed by atoms with van der Waals surface area (Å²) in [5.74, 6) is 0. The van der Waals surface area contributed by atoms with Crippen molar-refractivity contribution in [1.29, 1.82) is 0 Å². The maximum atomic E-state index is 9.87. The van der Waals surface area contributed by atoms with E-state index in [-0.39, 0.29) is 5.48 Å². The summed E-state index contributed by atoms with van der Waals surface area (Å²) in [6, 6.07) is 0. The van der Waals surface area contributed by atoms with E-state index in [0.717, 1.165) is 0 Å². The van der Waals surface area contributed by atoms with Gasteiger partial charge < -0.3 is 15.7 Å². The third kappa shape index (κ3) is 7.65. The van der Waals surface area contributed by atoms with Crippen molar-refractivity contribution in [3.63, 3.8) is 0 Å². The molecule has 0 bridgehead atoms. The Hall–Kier alpha value is -0.250. The van der Waals surface area contributed by atoms with Gasteiger partial charge in [0.15, 0.2) is 0 Å². The Morgan fingerprint density at radius 3 is 1.73 bits per heavy atom. The fourth-order valence-corrected chi connectivity index (χ4v) is 0.756. The molecular formula is C3H10O7S. The highest BCUT2D eigenvalue weighted by Gasteiger charge is 2.14. The standard InChI is InChI=1S/C3H8O6S.H2O/c4-1-3(2-5)9-10(6,7)8;/h3-5H,1-2H2,(H,6,7,8);1H2. The average molecular weight is 190 g/mol. The molecule has 0 atom stereocenters. The van der Waals surface area contributed by atoms with Crippen LogP contribution in [0.2, 0.25) is 0 Å². The molecule has 0 saturated carbocycles. The topological polar surface area (TPSA) is 136 Å². The maximum absolute atomic E-state index is 9.87. The normalized spacial score (nSPS) is 11.3. The molecule has 0 aliphatic heterocycles.